The smallest absolute Gasteiger partial charge is 0.140 e. The van der Waals surface area contributed by atoms with Crippen LogP contribution in [0, 0.1) is 0 Å². The molecule has 1 heterocycles. The minimum absolute atomic E-state index is 0.695. The first-order chi connectivity index (χ1) is 6.86. The first-order valence-corrected chi connectivity index (χ1v) is 5.42. The molecule has 1 saturated carbocycles. The summed E-state index contributed by atoms with van der Waals surface area (Å²) in [5.41, 5.74) is 0. The molecule has 0 unspecified atom stereocenters. The molecule has 1 aromatic heterocycles. The molecule has 0 atom stereocenters. The normalized spacial score (nSPS) is 18.6. The summed E-state index contributed by atoms with van der Waals surface area (Å²) < 4.78 is 1.83. The quantitative estimate of drug-likeness (QED) is 0.787. The average molecular weight is 194 g/mol. The van der Waals surface area contributed by atoms with Crippen molar-refractivity contribution in [3.63, 3.8) is 0 Å². The molecule has 2 rings (SSSR count). The lowest BCUT2D eigenvalue weighted by molar-refractivity contribution is 0.367. The van der Waals surface area contributed by atoms with Crippen molar-refractivity contribution in [2.45, 2.75) is 44.7 Å². The van der Waals surface area contributed by atoms with Crippen molar-refractivity contribution in [1.82, 2.24) is 20.1 Å². The summed E-state index contributed by atoms with van der Waals surface area (Å²) in [7, 11) is 1.94. The third kappa shape index (κ3) is 2.32. The van der Waals surface area contributed by atoms with Crippen LogP contribution in [-0.4, -0.2) is 20.8 Å². The number of hydrogen-bond acceptors (Lipinski definition) is 3. The molecule has 1 aromatic rings. The molecular weight excluding hydrogens is 176 g/mol. The van der Waals surface area contributed by atoms with E-state index in [1.54, 1.807) is 6.33 Å². The van der Waals surface area contributed by atoms with Gasteiger partial charge in [0.15, 0.2) is 0 Å². The van der Waals surface area contributed by atoms with Crippen LogP contribution in [-0.2, 0) is 13.6 Å². The summed E-state index contributed by atoms with van der Waals surface area (Å²) in [6.45, 7) is 0.848. The maximum Gasteiger partial charge on any atom is 0.140 e. The van der Waals surface area contributed by atoms with Crippen LogP contribution in [0.25, 0.3) is 0 Å². The Labute approximate surface area is 84.7 Å². The number of aromatic nitrogens is 3. The van der Waals surface area contributed by atoms with Crippen LogP contribution in [0.5, 0.6) is 0 Å². The van der Waals surface area contributed by atoms with Gasteiger partial charge in [0.2, 0.25) is 0 Å². The van der Waals surface area contributed by atoms with E-state index in [0.717, 1.165) is 12.4 Å². The molecule has 1 N–H and O–H groups in total. The van der Waals surface area contributed by atoms with E-state index < -0.39 is 0 Å². The molecule has 0 aromatic carbocycles. The Bertz CT molecular complexity index is 275. The second-order valence-corrected chi connectivity index (χ2v) is 4.02. The van der Waals surface area contributed by atoms with Gasteiger partial charge in [-0.3, -0.25) is 4.68 Å². The van der Waals surface area contributed by atoms with Crippen LogP contribution in [0.4, 0.5) is 0 Å². The van der Waals surface area contributed by atoms with Crippen LogP contribution < -0.4 is 5.32 Å². The third-order valence-electron chi connectivity index (χ3n) is 2.96. The molecule has 0 saturated heterocycles. The zero-order valence-corrected chi connectivity index (χ0v) is 8.74. The summed E-state index contributed by atoms with van der Waals surface area (Å²) >= 11 is 0. The first kappa shape index (κ1) is 9.65. The fraction of sp³-hybridized carbons (Fsp3) is 0.800. The lowest BCUT2D eigenvalue weighted by Crippen LogP contribution is -2.31. The van der Waals surface area contributed by atoms with E-state index in [9.17, 15) is 0 Å². The van der Waals surface area contributed by atoms with E-state index in [4.69, 9.17) is 0 Å². The van der Waals surface area contributed by atoms with Gasteiger partial charge in [-0.25, -0.2) is 4.98 Å². The molecule has 14 heavy (non-hydrogen) atoms. The van der Waals surface area contributed by atoms with Crippen LogP contribution in [0.3, 0.4) is 0 Å². The van der Waals surface area contributed by atoms with Gasteiger partial charge < -0.3 is 5.32 Å². The van der Waals surface area contributed by atoms with E-state index in [1.165, 1.54) is 32.1 Å². The van der Waals surface area contributed by atoms with Crippen LogP contribution >= 0.6 is 0 Å². The van der Waals surface area contributed by atoms with Crippen LogP contribution in [0.1, 0.15) is 37.9 Å². The van der Waals surface area contributed by atoms with Crippen molar-refractivity contribution in [3.8, 4) is 0 Å². The molecule has 1 fully saturated rings. The van der Waals surface area contributed by atoms with E-state index >= 15 is 0 Å². The molecule has 78 valence electrons. The summed E-state index contributed by atoms with van der Waals surface area (Å²) in [5.74, 6) is 1.02. The molecule has 4 heteroatoms. The molecular formula is C10H18N4. The molecule has 4 nitrogen and oxygen atoms in total. The Hall–Kier alpha value is -0.900. The minimum Gasteiger partial charge on any atom is -0.307 e. The summed E-state index contributed by atoms with van der Waals surface area (Å²) in [6.07, 6.45) is 8.39. The predicted molar refractivity (Wildman–Crippen MR) is 54.7 cm³/mol. The molecule has 0 aliphatic heterocycles. The second-order valence-electron chi connectivity index (χ2n) is 4.02. The van der Waals surface area contributed by atoms with Gasteiger partial charge in [0.1, 0.15) is 12.2 Å². The standard InChI is InChI=1S/C10H18N4/c1-14-10(12-8-13-14)7-11-9-5-3-2-4-6-9/h8-9,11H,2-7H2,1H3. The first-order valence-electron chi connectivity index (χ1n) is 5.42. The summed E-state index contributed by atoms with van der Waals surface area (Å²) in [4.78, 5) is 4.19. The van der Waals surface area contributed by atoms with Crippen molar-refractivity contribution < 1.29 is 0 Å². The van der Waals surface area contributed by atoms with Gasteiger partial charge in [0.25, 0.3) is 0 Å². The van der Waals surface area contributed by atoms with Crippen molar-refractivity contribution in [1.29, 1.82) is 0 Å². The predicted octanol–water partition coefficient (Wildman–Crippen LogP) is 1.24. The van der Waals surface area contributed by atoms with E-state index in [2.05, 4.69) is 15.4 Å². The number of aryl methyl sites for hydroxylation is 1. The largest absolute Gasteiger partial charge is 0.307 e. The Morgan fingerprint density at radius 3 is 2.86 bits per heavy atom. The Morgan fingerprint density at radius 1 is 1.43 bits per heavy atom. The fourth-order valence-electron chi connectivity index (χ4n) is 2.02. The maximum absolute atomic E-state index is 4.19. The van der Waals surface area contributed by atoms with Crippen LogP contribution in [0.2, 0.25) is 0 Å². The van der Waals surface area contributed by atoms with E-state index in [1.807, 2.05) is 11.7 Å². The van der Waals surface area contributed by atoms with Gasteiger partial charge in [-0.05, 0) is 12.8 Å². The molecule has 1 aliphatic carbocycles. The summed E-state index contributed by atoms with van der Waals surface area (Å²) in [6, 6.07) is 0.695. The van der Waals surface area contributed by atoms with Gasteiger partial charge >= 0.3 is 0 Å². The van der Waals surface area contributed by atoms with Crippen molar-refractivity contribution in [2.75, 3.05) is 0 Å². The van der Waals surface area contributed by atoms with Crippen molar-refractivity contribution in [3.05, 3.63) is 12.2 Å². The zero-order chi connectivity index (χ0) is 9.80. The number of rotatable bonds is 3. The van der Waals surface area contributed by atoms with Gasteiger partial charge in [-0.2, -0.15) is 5.10 Å². The maximum atomic E-state index is 4.19. The Kier molecular flexibility index (Phi) is 3.14. The Morgan fingerprint density at radius 2 is 2.21 bits per heavy atom. The summed E-state index contributed by atoms with van der Waals surface area (Å²) in [5, 5.41) is 7.59. The lowest BCUT2D eigenvalue weighted by Gasteiger charge is -2.22. The van der Waals surface area contributed by atoms with Crippen LogP contribution in [0.15, 0.2) is 6.33 Å². The van der Waals surface area contributed by atoms with E-state index in [0.29, 0.717) is 6.04 Å². The monoisotopic (exact) mass is 194 g/mol. The number of nitrogens with one attached hydrogen (secondary N) is 1. The van der Waals surface area contributed by atoms with Gasteiger partial charge in [-0.1, -0.05) is 19.3 Å². The molecule has 0 spiro atoms. The molecule has 0 bridgehead atoms. The Balaban J connectivity index is 1.79. The molecule has 0 amide bonds. The minimum atomic E-state index is 0.695. The zero-order valence-electron chi connectivity index (χ0n) is 8.74. The number of nitrogens with zero attached hydrogens (tertiary/aromatic N) is 3. The highest BCUT2D eigenvalue weighted by atomic mass is 15.3. The second kappa shape index (κ2) is 4.55. The number of hydrogen-bond donors (Lipinski definition) is 1. The fourth-order valence-corrected chi connectivity index (χ4v) is 2.02. The molecule has 0 radical (unpaired) electrons. The van der Waals surface area contributed by atoms with Gasteiger partial charge in [0.05, 0.1) is 6.54 Å². The highest BCUT2D eigenvalue weighted by Crippen LogP contribution is 2.17. The van der Waals surface area contributed by atoms with Crippen molar-refractivity contribution in [2.24, 2.45) is 7.05 Å². The third-order valence-corrected chi connectivity index (χ3v) is 2.96. The molecule has 1 aliphatic rings. The topological polar surface area (TPSA) is 42.7 Å². The average Bonchev–Trinajstić information content (AvgIpc) is 2.63. The van der Waals surface area contributed by atoms with Gasteiger partial charge in [-0.15, -0.1) is 0 Å². The van der Waals surface area contributed by atoms with Crippen molar-refractivity contribution >= 4 is 0 Å². The lowest BCUT2D eigenvalue weighted by atomic mass is 9.95. The highest BCUT2D eigenvalue weighted by molar-refractivity contribution is 4.84. The van der Waals surface area contributed by atoms with Gasteiger partial charge in [0, 0.05) is 13.1 Å². The van der Waals surface area contributed by atoms with E-state index in [-0.39, 0.29) is 0 Å². The highest BCUT2D eigenvalue weighted by Gasteiger charge is 2.13. The SMILES string of the molecule is Cn1ncnc1CNC1CCCCC1.